The molecular formula is C7H5ClN4O. The van der Waals surface area contributed by atoms with Crippen LogP contribution in [-0.2, 0) is 0 Å². The molecule has 2 rings (SSSR count). The molecule has 0 bridgehead atoms. The molecule has 0 saturated carbocycles. The average molecular weight is 197 g/mol. The van der Waals surface area contributed by atoms with Crippen LogP contribution in [0.25, 0.3) is 11.0 Å². The number of aromatic hydroxyl groups is 1. The van der Waals surface area contributed by atoms with E-state index < -0.39 is 0 Å². The second-order valence-electron chi connectivity index (χ2n) is 2.48. The first-order valence-corrected chi connectivity index (χ1v) is 3.84. The van der Waals surface area contributed by atoms with E-state index >= 15 is 0 Å². The third kappa shape index (κ3) is 1.13. The summed E-state index contributed by atoms with van der Waals surface area (Å²) in [4.78, 5) is 6.50. The Labute approximate surface area is 77.9 Å². The monoisotopic (exact) mass is 196 g/mol. The Kier molecular flexibility index (Phi) is 1.66. The molecule has 0 saturated heterocycles. The number of aromatic amines is 1. The van der Waals surface area contributed by atoms with Gasteiger partial charge in [0.1, 0.15) is 5.65 Å². The highest BCUT2D eigenvalue weighted by atomic mass is 35.5. The van der Waals surface area contributed by atoms with Crippen molar-refractivity contribution >= 4 is 28.3 Å². The third-order valence-corrected chi connectivity index (χ3v) is 1.89. The number of rotatable bonds is 1. The summed E-state index contributed by atoms with van der Waals surface area (Å²) in [6.45, 7) is 0. The first-order chi connectivity index (χ1) is 6.22. The van der Waals surface area contributed by atoms with Crippen molar-refractivity contribution in [1.82, 2.24) is 9.97 Å². The topological polar surface area (TPSA) is 85.1 Å². The van der Waals surface area contributed by atoms with Crippen molar-refractivity contribution < 1.29 is 5.11 Å². The maximum Gasteiger partial charge on any atom is 0.219 e. The van der Waals surface area contributed by atoms with E-state index in [0.29, 0.717) is 16.1 Å². The van der Waals surface area contributed by atoms with Crippen LogP contribution in [0.1, 0.15) is 0 Å². The number of nitrogens with zero attached hydrogens (tertiary/aromatic N) is 2. The van der Waals surface area contributed by atoms with Crippen LogP contribution in [0.4, 0.5) is 5.69 Å². The van der Waals surface area contributed by atoms with Gasteiger partial charge < -0.3 is 10.1 Å². The molecule has 6 heteroatoms. The number of hydrogen-bond acceptors (Lipinski definition) is 4. The number of H-pyrrole nitrogens is 1. The minimum atomic E-state index is -0.167. The zero-order chi connectivity index (χ0) is 9.42. The molecule has 0 radical (unpaired) electrons. The van der Waals surface area contributed by atoms with E-state index in [9.17, 15) is 5.11 Å². The van der Waals surface area contributed by atoms with Crippen LogP contribution in [0.15, 0.2) is 17.4 Å². The lowest BCUT2D eigenvalue weighted by Gasteiger charge is -1.89. The van der Waals surface area contributed by atoms with Gasteiger partial charge in [0.25, 0.3) is 0 Å². The molecule has 0 spiro atoms. The molecule has 5 nitrogen and oxygen atoms in total. The van der Waals surface area contributed by atoms with Crippen LogP contribution in [0.3, 0.4) is 0 Å². The second-order valence-corrected chi connectivity index (χ2v) is 2.92. The van der Waals surface area contributed by atoms with E-state index in [1.54, 1.807) is 6.07 Å². The predicted octanol–water partition coefficient (Wildman–Crippen LogP) is 2.58. The maximum atomic E-state index is 9.27. The van der Waals surface area contributed by atoms with Crippen molar-refractivity contribution in [2.45, 2.75) is 0 Å². The summed E-state index contributed by atoms with van der Waals surface area (Å²) in [5, 5.41) is 13.4. The molecule has 0 unspecified atom stereocenters. The van der Waals surface area contributed by atoms with Crippen molar-refractivity contribution in [3.63, 3.8) is 0 Å². The van der Waals surface area contributed by atoms with E-state index in [2.05, 4.69) is 15.1 Å². The highest BCUT2D eigenvalue weighted by Gasteiger charge is 2.10. The molecule has 0 aliphatic rings. The first-order valence-electron chi connectivity index (χ1n) is 3.46. The normalized spacial score (nSPS) is 10.5. The average Bonchev–Trinajstić information content (AvgIpc) is 2.40. The Hall–Kier alpha value is -1.62. The summed E-state index contributed by atoms with van der Waals surface area (Å²) in [6.07, 6.45) is 1.45. The number of nitrogens with one attached hydrogen (secondary N) is 2. The van der Waals surface area contributed by atoms with Crippen LogP contribution in [0.2, 0.25) is 5.02 Å². The number of fused-ring (bicyclic) bond motifs is 1. The fraction of sp³-hybridized carbons (Fsp3) is 0. The molecule has 2 aromatic heterocycles. The summed E-state index contributed by atoms with van der Waals surface area (Å²) in [5.74, 6) is -0.167. The van der Waals surface area contributed by atoms with Crippen LogP contribution in [-0.4, -0.2) is 15.1 Å². The Morgan fingerprint density at radius 3 is 3.08 bits per heavy atom. The van der Waals surface area contributed by atoms with Crippen molar-refractivity contribution in [2.75, 3.05) is 0 Å². The molecule has 3 N–H and O–H groups in total. The molecule has 2 heterocycles. The summed E-state index contributed by atoms with van der Waals surface area (Å²) in [6, 6.07) is 1.59. The van der Waals surface area contributed by atoms with Gasteiger partial charge in [-0.1, -0.05) is 11.6 Å². The lowest BCUT2D eigenvalue weighted by atomic mass is 10.3. The van der Waals surface area contributed by atoms with Gasteiger partial charge in [-0.3, -0.25) is 0 Å². The minimum Gasteiger partial charge on any atom is -0.493 e. The lowest BCUT2D eigenvalue weighted by molar-refractivity contribution is 0.459. The fourth-order valence-corrected chi connectivity index (χ4v) is 1.29. The van der Waals surface area contributed by atoms with Crippen molar-refractivity contribution in [3.8, 4) is 5.88 Å². The van der Waals surface area contributed by atoms with Gasteiger partial charge in [-0.2, -0.15) is 5.11 Å². The Morgan fingerprint density at radius 2 is 2.38 bits per heavy atom. The van der Waals surface area contributed by atoms with Gasteiger partial charge in [-0.05, 0) is 6.07 Å². The van der Waals surface area contributed by atoms with Crippen molar-refractivity contribution in [2.24, 2.45) is 5.11 Å². The lowest BCUT2D eigenvalue weighted by Crippen LogP contribution is -1.74. The highest BCUT2D eigenvalue weighted by molar-refractivity contribution is 6.31. The van der Waals surface area contributed by atoms with Crippen molar-refractivity contribution in [3.05, 3.63) is 17.3 Å². The van der Waals surface area contributed by atoms with Gasteiger partial charge in [-0.25, -0.2) is 10.5 Å². The van der Waals surface area contributed by atoms with E-state index in [-0.39, 0.29) is 11.6 Å². The first kappa shape index (κ1) is 8.00. The quantitative estimate of drug-likeness (QED) is 0.613. The number of aromatic nitrogens is 2. The number of pyridine rings is 1. The van der Waals surface area contributed by atoms with Gasteiger partial charge in [0, 0.05) is 6.20 Å². The van der Waals surface area contributed by atoms with Crippen LogP contribution in [0.5, 0.6) is 5.88 Å². The minimum absolute atomic E-state index is 0.157. The van der Waals surface area contributed by atoms with E-state index in [0.717, 1.165) is 0 Å². The standard InChI is InChI=1S/C7H5ClN4O/c8-3-1-4-5(12-9)7(13)11-6(4)10-2-3/h1-2,9,13H,(H,10,11). The maximum absolute atomic E-state index is 9.27. The van der Waals surface area contributed by atoms with Crippen LogP contribution >= 0.6 is 11.6 Å². The molecule has 66 valence electrons. The molecule has 0 aliphatic heterocycles. The molecule has 0 amide bonds. The van der Waals surface area contributed by atoms with Gasteiger partial charge in [0.05, 0.1) is 10.4 Å². The molecule has 0 aliphatic carbocycles. The van der Waals surface area contributed by atoms with Gasteiger partial charge in [0.15, 0.2) is 5.69 Å². The van der Waals surface area contributed by atoms with Crippen LogP contribution < -0.4 is 0 Å². The molecule has 2 aromatic rings. The predicted molar refractivity (Wildman–Crippen MR) is 47.6 cm³/mol. The van der Waals surface area contributed by atoms with Crippen LogP contribution in [0, 0.1) is 5.53 Å². The second kappa shape index (κ2) is 2.70. The zero-order valence-corrected chi connectivity index (χ0v) is 7.13. The fourth-order valence-electron chi connectivity index (χ4n) is 1.13. The summed E-state index contributed by atoms with van der Waals surface area (Å²) < 4.78 is 0. The Bertz CT molecular complexity index is 479. The smallest absolute Gasteiger partial charge is 0.219 e. The van der Waals surface area contributed by atoms with Gasteiger partial charge in [0.2, 0.25) is 5.88 Å². The summed E-state index contributed by atoms with van der Waals surface area (Å²) in [7, 11) is 0. The zero-order valence-electron chi connectivity index (χ0n) is 6.37. The Morgan fingerprint density at radius 1 is 1.62 bits per heavy atom. The van der Waals surface area contributed by atoms with E-state index in [1.165, 1.54) is 6.20 Å². The third-order valence-electron chi connectivity index (χ3n) is 1.68. The molecule has 0 aromatic carbocycles. The number of halogens is 1. The molecule has 0 fully saturated rings. The van der Waals surface area contributed by atoms with E-state index in [1.807, 2.05) is 0 Å². The Balaban J connectivity index is 2.88. The highest BCUT2D eigenvalue weighted by Crippen LogP contribution is 2.34. The summed E-state index contributed by atoms with van der Waals surface area (Å²) in [5.41, 5.74) is 7.45. The van der Waals surface area contributed by atoms with Gasteiger partial charge >= 0.3 is 0 Å². The van der Waals surface area contributed by atoms with Gasteiger partial charge in [-0.15, -0.1) is 0 Å². The van der Waals surface area contributed by atoms with E-state index in [4.69, 9.17) is 17.1 Å². The molecule has 0 atom stereocenters. The summed E-state index contributed by atoms with van der Waals surface area (Å²) >= 11 is 5.70. The largest absolute Gasteiger partial charge is 0.493 e. The SMILES string of the molecule is N=Nc1c(O)[nH]c2ncc(Cl)cc12. The molecular weight excluding hydrogens is 192 g/mol. The number of hydrogen-bond donors (Lipinski definition) is 3. The van der Waals surface area contributed by atoms with Crippen molar-refractivity contribution in [1.29, 1.82) is 5.53 Å². The molecule has 13 heavy (non-hydrogen) atoms.